The predicted octanol–water partition coefficient (Wildman–Crippen LogP) is 3.76. The van der Waals surface area contributed by atoms with E-state index >= 15 is 0 Å². The molecule has 0 spiro atoms. The van der Waals surface area contributed by atoms with Crippen LogP contribution in [0.2, 0.25) is 0 Å². The number of hydrogen-bond acceptors (Lipinski definition) is 5. The van der Waals surface area contributed by atoms with Gasteiger partial charge in [-0.1, -0.05) is 18.9 Å². The van der Waals surface area contributed by atoms with Crippen LogP contribution in [-0.2, 0) is 7.05 Å². The smallest absolute Gasteiger partial charge is 0.334 e. The quantitative estimate of drug-likeness (QED) is 0.682. The molecule has 24 heavy (non-hydrogen) atoms. The van der Waals surface area contributed by atoms with E-state index in [1.165, 1.54) is 30.4 Å². The van der Waals surface area contributed by atoms with Crippen LogP contribution in [0.3, 0.4) is 0 Å². The minimum atomic E-state index is -0.386. The second kappa shape index (κ2) is 6.90. The fourth-order valence-electron chi connectivity index (χ4n) is 3.25. The second-order valence-corrected chi connectivity index (χ2v) is 6.24. The van der Waals surface area contributed by atoms with Gasteiger partial charge in [0, 0.05) is 31.5 Å². The predicted molar refractivity (Wildman–Crippen MR) is 95.0 cm³/mol. The van der Waals surface area contributed by atoms with Crippen LogP contribution in [0.4, 0.5) is 22.9 Å². The van der Waals surface area contributed by atoms with Gasteiger partial charge in [-0.2, -0.15) is 5.10 Å². The lowest BCUT2D eigenvalue weighted by Gasteiger charge is -2.23. The van der Waals surface area contributed by atoms with Crippen LogP contribution < -0.4 is 10.2 Å². The Labute approximate surface area is 141 Å². The van der Waals surface area contributed by atoms with Crippen molar-refractivity contribution in [1.82, 2.24) is 9.78 Å². The molecule has 2 aromatic rings. The van der Waals surface area contributed by atoms with Crippen molar-refractivity contribution >= 4 is 22.9 Å². The lowest BCUT2D eigenvalue weighted by atomic mass is 10.2. The van der Waals surface area contributed by atoms with E-state index in [-0.39, 0.29) is 10.6 Å². The fourth-order valence-corrected chi connectivity index (χ4v) is 3.25. The van der Waals surface area contributed by atoms with Gasteiger partial charge >= 0.3 is 5.69 Å². The maximum absolute atomic E-state index is 11.3. The molecule has 1 aliphatic heterocycles. The zero-order valence-electron chi connectivity index (χ0n) is 14.2. The standard InChI is InChI=1S/C17H23N5O2/c1-13-16(22(23)24)17(20(2)19-13)18-14-8-7-9-15(12-14)21-10-5-3-4-6-11-21/h7-9,12,18H,3-6,10-11H2,1-2H3. The lowest BCUT2D eigenvalue weighted by Crippen LogP contribution is -2.23. The molecule has 1 aromatic heterocycles. The Kier molecular flexibility index (Phi) is 4.69. The molecule has 1 fully saturated rings. The Morgan fingerprint density at radius 2 is 1.92 bits per heavy atom. The first-order chi connectivity index (χ1) is 11.6. The highest BCUT2D eigenvalue weighted by atomic mass is 16.6. The van der Waals surface area contributed by atoms with Gasteiger partial charge in [0.2, 0.25) is 5.82 Å². The number of rotatable bonds is 4. The summed E-state index contributed by atoms with van der Waals surface area (Å²) in [5.74, 6) is 0.408. The fraction of sp³-hybridized carbons (Fsp3) is 0.471. The monoisotopic (exact) mass is 329 g/mol. The van der Waals surface area contributed by atoms with Gasteiger partial charge in [0.15, 0.2) is 0 Å². The number of nitrogens with one attached hydrogen (secondary N) is 1. The van der Waals surface area contributed by atoms with Gasteiger partial charge in [-0.05, 0) is 38.0 Å². The van der Waals surface area contributed by atoms with Crippen LogP contribution in [0.5, 0.6) is 0 Å². The molecule has 128 valence electrons. The van der Waals surface area contributed by atoms with Crippen LogP contribution in [0.25, 0.3) is 0 Å². The van der Waals surface area contributed by atoms with Crippen LogP contribution >= 0.6 is 0 Å². The molecule has 0 unspecified atom stereocenters. The maximum atomic E-state index is 11.3. The molecule has 1 aromatic carbocycles. The third kappa shape index (κ3) is 3.34. The van der Waals surface area contributed by atoms with Crippen molar-refractivity contribution < 1.29 is 4.92 Å². The van der Waals surface area contributed by atoms with E-state index in [1.807, 2.05) is 12.1 Å². The number of aryl methyl sites for hydroxylation is 2. The van der Waals surface area contributed by atoms with E-state index in [9.17, 15) is 10.1 Å². The van der Waals surface area contributed by atoms with E-state index in [1.54, 1.807) is 14.0 Å². The highest BCUT2D eigenvalue weighted by Gasteiger charge is 2.24. The van der Waals surface area contributed by atoms with Gasteiger partial charge in [-0.25, -0.2) is 4.68 Å². The Bertz CT molecular complexity index is 733. The minimum Gasteiger partial charge on any atom is -0.371 e. The van der Waals surface area contributed by atoms with Gasteiger partial charge in [-0.3, -0.25) is 10.1 Å². The van der Waals surface area contributed by atoms with Crippen molar-refractivity contribution in [2.24, 2.45) is 7.05 Å². The normalized spacial score (nSPS) is 15.2. The van der Waals surface area contributed by atoms with E-state index < -0.39 is 0 Å². The van der Waals surface area contributed by atoms with Crippen LogP contribution in [-0.4, -0.2) is 27.8 Å². The number of anilines is 3. The highest BCUT2D eigenvalue weighted by molar-refractivity contribution is 5.70. The van der Waals surface area contributed by atoms with Crippen molar-refractivity contribution in [3.8, 4) is 0 Å². The summed E-state index contributed by atoms with van der Waals surface area (Å²) in [6.07, 6.45) is 5.00. The van der Waals surface area contributed by atoms with E-state index in [4.69, 9.17) is 0 Å². The lowest BCUT2D eigenvalue weighted by molar-refractivity contribution is -0.384. The average molecular weight is 329 g/mol. The molecule has 2 heterocycles. The number of nitro groups is 1. The van der Waals surface area contributed by atoms with Gasteiger partial charge < -0.3 is 10.2 Å². The van der Waals surface area contributed by atoms with Gasteiger partial charge in [0.05, 0.1) is 4.92 Å². The molecule has 1 aliphatic rings. The summed E-state index contributed by atoms with van der Waals surface area (Å²) in [6, 6.07) is 8.06. The molecule has 0 saturated carbocycles. The summed E-state index contributed by atoms with van der Waals surface area (Å²) in [5.41, 5.74) is 2.43. The van der Waals surface area contributed by atoms with Crippen molar-refractivity contribution in [2.75, 3.05) is 23.3 Å². The third-order valence-corrected chi connectivity index (χ3v) is 4.45. The molecule has 0 atom stereocenters. The molecule has 7 heteroatoms. The van der Waals surface area contributed by atoms with Crippen LogP contribution in [0, 0.1) is 17.0 Å². The number of aromatic nitrogens is 2. The number of nitrogens with zero attached hydrogens (tertiary/aromatic N) is 4. The molecular formula is C17H23N5O2. The number of hydrogen-bond donors (Lipinski definition) is 1. The van der Waals surface area contributed by atoms with Crippen LogP contribution in [0.1, 0.15) is 31.4 Å². The molecule has 1 saturated heterocycles. The molecule has 0 bridgehead atoms. The molecular weight excluding hydrogens is 306 g/mol. The Hall–Kier alpha value is -2.57. The van der Waals surface area contributed by atoms with Crippen molar-refractivity contribution in [1.29, 1.82) is 0 Å². The van der Waals surface area contributed by atoms with Gasteiger partial charge in [0.1, 0.15) is 5.69 Å². The molecule has 0 amide bonds. The molecule has 3 rings (SSSR count). The summed E-state index contributed by atoms with van der Waals surface area (Å²) >= 11 is 0. The van der Waals surface area contributed by atoms with Gasteiger partial charge in [-0.15, -0.1) is 0 Å². The third-order valence-electron chi connectivity index (χ3n) is 4.45. The molecule has 7 nitrogen and oxygen atoms in total. The first-order valence-electron chi connectivity index (χ1n) is 8.36. The minimum absolute atomic E-state index is 0.0256. The zero-order chi connectivity index (χ0) is 17.1. The first kappa shape index (κ1) is 16.3. The Morgan fingerprint density at radius 3 is 2.58 bits per heavy atom. The van der Waals surface area contributed by atoms with E-state index in [2.05, 4.69) is 27.4 Å². The van der Waals surface area contributed by atoms with Crippen molar-refractivity contribution in [3.05, 3.63) is 40.1 Å². The molecule has 1 N–H and O–H groups in total. The number of benzene rings is 1. The summed E-state index contributed by atoms with van der Waals surface area (Å²) in [7, 11) is 1.71. The van der Waals surface area contributed by atoms with Crippen molar-refractivity contribution in [3.63, 3.8) is 0 Å². The van der Waals surface area contributed by atoms with Crippen LogP contribution in [0.15, 0.2) is 24.3 Å². The van der Waals surface area contributed by atoms with E-state index in [0.717, 1.165) is 24.5 Å². The Morgan fingerprint density at radius 1 is 1.21 bits per heavy atom. The molecule has 0 aliphatic carbocycles. The summed E-state index contributed by atoms with van der Waals surface area (Å²) in [6.45, 7) is 3.78. The van der Waals surface area contributed by atoms with Crippen molar-refractivity contribution in [2.45, 2.75) is 32.6 Å². The SMILES string of the molecule is Cc1nn(C)c(Nc2cccc(N3CCCCCC3)c2)c1[N+](=O)[O-]. The zero-order valence-corrected chi connectivity index (χ0v) is 14.2. The summed E-state index contributed by atoms with van der Waals surface area (Å²) in [5, 5.41) is 18.6. The van der Waals surface area contributed by atoms with E-state index in [0.29, 0.717) is 11.5 Å². The summed E-state index contributed by atoms with van der Waals surface area (Å²) < 4.78 is 1.52. The maximum Gasteiger partial charge on any atom is 0.334 e. The highest BCUT2D eigenvalue weighted by Crippen LogP contribution is 2.31. The summed E-state index contributed by atoms with van der Waals surface area (Å²) in [4.78, 5) is 13.3. The first-order valence-corrected chi connectivity index (χ1v) is 8.36. The largest absolute Gasteiger partial charge is 0.371 e. The second-order valence-electron chi connectivity index (χ2n) is 6.24. The topological polar surface area (TPSA) is 76.2 Å². The Balaban J connectivity index is 1.86. The molecule has 0 radical (unpaired) electrons. The van der Waals surface area contributed by atoms with Gasteiger partial charge in [0.25, 0.3) is 0 Å². The average Bonchev–Trinajstić information content (AvgIpc) is 2.73.